The number of rotatable bonds is 2. The normalized spacial score (nSPS) is 4.57. The van der Waals surface area contributed by atoms with E-state index in [1.807, 2.05) is 7.17 Å². The van der Waals surface area contributed by atoms with Gasteiger partial charge in [0.2, 0.25) is 0 Å². The molecule has 32 valence electrons. The van der Waals surface area contributed by atoms with Crippen LogP contribution in [0.25, 0.3) is 0 Å². The summed E-state index contributed by atoms with van der Waals surface area (Å²) in [6.07, 6.45) is 0. The van der Waals surface area contributed by atoms with Gasteiger partial charge in [0.15, 0.2) is 0 Å². The fourth-order valence-corrected chi connectivity index (χ4v) is 1.98. The van der Waals surface area contributed by atoms with Gasteiger partial charge in [-0.2, -0.15) is 0 Å². The Morgan fingerprint density at radius 3 is 1.86 bits per heavy atom. The summed E-state index contributed by atoms with van der Waals surface area (Å²) in [5.41, 5.74) is 5.45. The van der Waals surface area contributed by atoms with Crippen molar-refractivity contribution in [2.24, 2.45) is 0 Å². The molecule has 0 fully saturated rings. The molecule has 0 atom stereocenters. The Kier molecular flexibility index (Phi) is 5.95. The average molecular weight is 279 g/mol. The van der Waals surface area contributed by atoms with Gasteiger partial charge < -0.3 is 0 Å². The van der Waals surface area contributed by atoms with E-state index in [1.165, 1.54) is 0 Å². The van der Waals surface area contributed by atoms with Gasteiger partial charge in [0.05, 0.1) is 0 Å². The van der Waals surface area contributed by atoms with Crippen LogP contribution in [0.1, 0.15) is 0 Å². The molecule has 0 unspecified atom stereocenters. The Morgan fingerprint density at radius 1 is 1.14 bits per heavy atom. The first kappa shape index (κ1) is 6.98. The van der Waals surface area contributed by atoms with Crippen LogP contribution in [0.15, 0.2) is 31.8 Å². The van der Waals surface area contributed by atoms with Crippen molar-refractivity contribution in [3.63, 3.8) is 0 Å². The van der Waals surface area contributed by atoms with Gasteiger partial charge >= 0.3 is 56.4 Å². The Balaban J connectivity index is 3.33. The Labute approximate surface area is 56.4 Å². The summed E-state index contributed by atoms with van der Waals surface area (Å²) in [6, 6.07) is 0. The molecule has 0 aromatic heterocycles. The summed E-state index contributed by atoms with van der Waals surface area (Å²) < 4.78 is 4.08. The average Bonchev–Trinajstić information content (AvgIpc) is 1.69. The molecule has 0 bridgehead atoms. The van der Waals surface area contributed by atoms with E-state index in [1.54, 1.807) is 0 Å². The molecule has 0 saturated carbocycles. The maximum atomic E-state index is 3.44. The zero-order valence-electron chi connectivity index (χ0n) is 4.28. The molecule has 0 saturated heterocycles. The Hall–Kier alpha value is -0.0249. The van der Waals surface area contributed by atoms with Crippen molar-refractivity contribution in [2.45, 2.75) is 0 Å². The first-order valence-corrected chi connectivity index (χ1v) is 8.45. The van der Waals surface area contributed by atoms with E-state index in [4.69, 9.17) is 0 Å². The second-order valence-corrected chi connectivity index (χ2v) is 6.06. The van der Waals surface area contributed by atoms with E-state index in [-0.39, 0.29) is 0 Å². The minimum absolute atomic E-state index is 0.802. The van der Waals surface area contributed by atoms with Crippen molar-refractivity contribution in [1.82, 2.24) is 0 Å². The van der Waals surface area contributed by atoms with E-state index in [2.05, 4.69) is 24.6 Å². The van der Waals surface area contributed by atoms with Crippen LogP contribution in [-0.2, 0) is 24.6 Å². The third-order valence-corrected chi connectivity index (χ3v) is 4.60. The van der Waals surface area contributed by atoms with Crippen LogP contribution in [-0.4, -0.2) is 0 Å². The van der Waals surface area contributed by atoms with Crippen LogP contribution in [0.2, 0.25) is 0 Å². The molecule has 0 aliphatic rings. The van der Waals surface area contributed by atoms with Gasteiger partial charge in [-0.1, -0.05) is 0 Å². The van der Waals surface area contributed by atoms with Gasteiger partial charge in [0.1, 0.15) is 0 Å². The first-order chi connectivity index (χ1) is 3.41. The molecule has 0 radical (unpaired) electrons. The summed E-state index contributed by atoms with van der Waals surface area (Å²) in [7, 11) is 0. The molecule has 0 nitrogen and oxygen atoms in total. The van der Waals surface area contributed by atoms with Gasteiger partial charge in [-0.05, 0) is 0 Å². The summed E-state index contributed by atoms with van der Waals surface area (Å²) in [5.74, 6) is 0. The molecule has 0 aliphatic carbocycles. The van der Waals surface area contributed by atoms with E-state index in [9.17, 15) is 0 Å². The summed E-state index contributed by atoms with van der Waals surface area (Å²) in [6.45, 7) is 6.88. The van der Waals surface area contributed by atoms with E-state index in [0.717, 1.165) is 0 Å². The van der Waals surface area contributed by atoms with Crippen LogP contribution in [0.4, 0.5) is 0 Å². The fraction of sp³-hybridized carbons (Fsp3) is 0. The topological polar surface area (TPSA) is 0 Å². The SMILES string of the molecule is C=C=[CH][Hg][CH]=C=C. The van der Waals surface area contributed by atoms with E-state index >= 15 is 0 Å². The quantitative estimate of drug-likeness (QED) is 0.532. The third-order valence-electron chi connectivity index (χ3n) is 0.524. The molecule has 0 aromatic rings. The number of hydrogen-bond donors (Lipinski definition) is 0. The van der Waals surface area contributed by atoms with Crippen LogP contribution in [0.3, 0.4) is 0 Å². The van der Waals surface area contributed by atoms with Crippen molar-refractivity contribution in [3.05, 3.63) is 31.8 Å². The predicted molar refractivity (Wildman–Crippen MR) is 27.4 cm³/mol. The van der Waals surface area contributed by atoms with Crippen molar-refractivity contribution >= 4 is 0 Å². The molecular formula is C6H6Hg. The third kappa shape index (κ3) is 5.98. The maximum absolute atomic E-state index is 3.44. The summed E-state index contributed by atoms with van der Waals surface area (Å²) >= 11 is -0.802. The van der Waals surface area contributed by atoms with Crippen molar-refractivity contribution < 1.29 is 24.6 Å². The molecular weight excluding hydrogens is 273 g/mol. The summed E-state index contributed by atoms with van der Waals surface area (Å²) in [4.78, 5) is 0. The molecule has 7 heavy (non-hydrogen) atoms. The second-order valence-electron chi connectivity index (χ2n) is 1.05. The fourth-order valence-electron chi connectivity index (χ4n) is 0.226. The monoisotopic (exact) mass is 280 g/mol. The van der Waals surface area contributed by atoms with Gasteiger partial charge in [0.25, 0.3) is 0 Å². The first-order valence-electron chi connectivity index (χ1n) is 2.10. The molecule has 0 aliphatic heterocycles. The van der Waals surface area contributed by atoms with Crippen LogP contribution in [0.5, 0.6) is 0 Å². The van der Waals surface area contributed by atoms with E-state index in [0.29, 0.717) is 0 Å². The second kappa shape index (κ2) is 5.98. The minimum atomic E-state index is -0.802. The Bertz CT molecular complexity index is 107. The van der Waals surface area contributed by atoms with Gasteiger partial charge in [-0.3, -0.25) is 0 Å². The zero-order valence-corrected chi connectivity index (χ0v) is 9.77. The summed E-state index contributed by atoms with van der Waals surface area (Å²) in [5, 5.41) is 0. The molecule has 0 N–H and O–H groups in total. The Morgan fingerprint density at radius 2 is 1.57 bits per heavy atom. The standard InChI is InChI=1S/2C3H3.Hg/c2*1-3-2;/h2*1H,2H2;. The van der Waals surface area contributed by atoms with Crippen LogP contribution < -0.4 is 0 Å². The number of hydrogen-bond acceptors (Lipinski definition) is 0. The molecule has 0 aromatic carbocycles. The van der Waals surface area contributed by atoms with Crippen LogP contribution >= 0.6 is 0 Å². The molecule has 0 heterocycles. The van der Waals surface area contributed by atoms with Crippen molar-refractivity contribution in [1.29, 1.82) is 0 Å². The van der Waals surface area contributed by atoms with Gasteiger partial charge in [-0.15, -0.1) is 0 Å². The van der Waals surface area contributed by atoms with Gasteiger partial charge in [-0.25, -0.2) is 0 Å². The zero-order chi connectivity index (χ0) is 5.54. The molecule has 0 amide bonds. The van der Waals surface area contributed by atoms with Crippen LogP contribution in [0, 0.1) is 0 Å². The molecule has 1 heteroatoms. The van der Waals surface area contributed by atoms with Gasteiger partial charge in [0, 0.05) is 0 Å². The molecule has 0 spiro atoms. The predicted octanol–water partition coefficient (Wildman–Crippen LogP) is 1.67. The van der Waals surface area contributed by atoms with E-state index < -0.39 is 24.6 Å². The van der Waals surface area contributed by atoms with Crippen molar-refractivity contribution in [3.8, 4) is 0 Å². The molecule has 0 rings (SSSR count). The van der Waals surface area contributed by atoms with Crippen molar-refractivity contribution in [2.75, 3.05) is 0 Å².